The summed E-state index contributed by atoms with van der Waals surface area (Å²) in [5.41, 5.74) is -0.220. The van der Waals surface area contributed by atoms with E-state index in [0.717, 1.165) is 0 Å². The maximum absolute atomic E-state index is 9.33. The normalized spacial score (nSPS) is 45.8. The highest BCUT2D eigenvalue weighted by molar-refractivity contribution is 9.09. The Kier molecular flexibility index (Phi) is 3.64. The maximum atomic E-state index is 9.33. The summed E-state index contributed by atoms with van der Waals surface area (Å²) in [6.45, 7) is 0. The van der Waals surface area contributed by atoms with Crippen molar-refractivity contribution in [3.05, 3.63) is 0 Å². The number of rotatable bonds is 1. The lowest BCUT2D eigenvalue weighted by atomic mass is 10.1. The molecule has 0 saturated carbocycles. The topological polar surface area (TPSA) is 49.7 Å². The molecule has 0 bridgehead atoms. The van der Waals surface area contributed by atoms with Crippen LogP contribution in [0.2, 0.25) is 0 Å². The molecule has 0 aliphatic carbocycles. The minimum absolute atomic E-state index is 0.220. The molecule has 0 spiro atoms. The number of hydrogen-bond acceptors (Lipinski definition) is 4. The highest BCUT2D eigenvalue weighted by Gasteiger charge is 2.34. The van der Waals surface area contributed by atoms with Gasteiger partial charge in [-0.1, -0.05) is 15.9 Å². The Labute approximate surface area is 78.3 Å². The van der Waals surface area contributed by atoms with Crippen LogP contribution in [-0.4, -0.2) is 39.1 Å². The molecule has 0 aromatic heterocycles. The van der Waals surface area contributed by atoms with Crippen molar-refractivity contribution >= 4 is 27.7 Å². The maximum Gasteiger partial charge on any atom is 0.139 e. The van der Waals surface area contributed by atoms with E-state index in [1.165, 1.54) is 11.8 Å². The molecular weight excluding hydrogens is 232 g/mol. The SMILES string of the molecule is CSC1OC(Br)C(O)CC1O. The number of aliphatic hydroxyl groups excluding tert-OH is 2. The van der Waals surface area contributed by atoms with Crippen LogP contribution in [-0.2, 0) is 4.74 Å². The Bertz CT molecular complexity index is 135. The fourth-order valence-electron chi connectivity index (χ4n) is 0.988. The molecule has 66 valence electrons. The van der Waals surface area contributed by atoms with Crippen molar-refractivity contribution in [3.63, 3.8) is 0 Å². The van der Waals surface area contributed by atoms with E-state index in [4.69, 9.17) is 4.74 Å². The molecule has 4 atom stereocenters. The summed E-state index contributed by atoms with van der Waals surface area (Å²) in [5, 5.41) is 18.2. The van der Waals surface area contributed by atoms with E-state index in [9.17, 15) is 10.2 Å². The number of halogens is 1. The van der Waals surface area contributed by atoms with E-state index in [0.29, 0.717) is 6.42 Å². The van der Waals surface area contributed by atoms with Gasteiger partial charge in [0.15, 0.2) is 0 Å². The van der Waals surface area contributed by atoms with Crippen molar-refractivity contribution in [2.24, 2.45) is 0 Å². The van der Waals surface area contributed by atoms with Crippen molar-refractivity contribution in [1.29, 1.82) is 0 Å². The summed E-state index contributed by atoms with van der Waals surface area (Å²) in [6, 6.07) is 0. The highest BCUT2D eigenvalue weighted by atomic mass is 79.9. The van der Waals surface area contributed by atoms with E-state index in [1.807, 2.05) is 6.26 Å². The first-order valence-electron chi connectivity index (χ1n) is 3.33. The average molecular weight is 243 g/mol. The molecule has 0 aromatic rings. The van der Waals surface area contributed by atoms with Gasteiger partial charge in [0.1, 0.15) is 10.4 Å². The van der Waals surface area contributed by atoms with Crippen molar-refractivity contribution < 1.29 is 14.9 Å². The molecule has 1 heterocycles. The Hall–Kier alpha value is 0.710. The molecule has 0 amide bonds. The largest absolute Gasteiger partial charge is 0.389 e. The Morgan fingerprint density at radius 3 is 2.64 bits per heavy atom. The first-order valence-corrected chi connectivity index (χ1v) is 5.54. The van der Waals surface area contributed by atoms with E-state index in [-0.39, 0.29) is 10.4 Å². The Morgan fingerprint density at radius 1 is 1.45 bits per heavy atom. The summed E-state index contributed by atoms with van der Waals surface area (Å²) >= 11 is 4.61. The monoisotopic (exact) mass is 242 g/mol. The van der Waals surface area contributed by atoms with Crippen LogP contribution in [0.4, 0.5) is 0 Å². The van der Waals surface area contributed by atoms with Crippen LogP contribution in [0, 0.1) is 0 Å². The van der Waals surface area contributed by atoms with E-state index < -0.39 is 12.2 Å². The fourth-order valence-corrected chi connectivity index (χ4v) is 2.23. The van der Waals surface area contributed by atoms with Crippen molar-refractivity contribution in [3.8, 4) is 0 Å². The van der Waals surface area contributed by atoms with Gasteiger partial charge in [-0.15, -0.1) is 11.8 Å². The smallest absolute Gasteiger partial charge is 0.139 e. The second kappa shape index (κ2) is 4.09. The Morgan fingerprint density at radius 2 is 2.09 bits per heavy atom. The van der Waals surface area contributed by atoms with E-state index >= 15 is 0 Å². The van der Waals surface area contributed by atoms with Crippen molar-refractivity contribution in [2.45, 2.75) is 29.1 Å². The van der Waals surface area contributed by atoms with Gasteiger partial charge in [-0.2, -0.15) is 0 Å². The zero-order valence-corrected chi connectivity index (χ0v) is 8.51. The molecule has 11 heavy (non-hydrogen) atoms. The third-order valence-electron chi connectivity index (χ3n) is 1.60. The van der Waals surface area contributed by atoms with Gasteiger partial charge in [0, 0.05) is 6.42 Å². The lowest BCUT2D eigenvalue weighted by molar-refractivity contribution is -0.0991. The lowest BCUT2D eigenvalue weighted by Gasteiger charge is -2.33. The van der Waals surface area contributed by atoms with Gasteiger partial charge >= 0.3 is 0 Å². The number of ether oxygens (including phenoxy) is 1. The molecule has 1 rings (SSSR count). The molecule has 0 aromatic carbocycles. The summed E-state index contributed by atoms with van der Waals surface area (Å²) in [5.74, 6) is 0. The molecule has 2 N–H and O–H groups in total. The second-order valence-electron chi connectivity index (χ2n) is 2.46. The van der Waals surface area contributed by atoms with Gasteiger partial charge < -0.3 is 14.9 Å². The minimum Gasteiger partial charge on any atom is -0.389 e. The zero-order valence-electron chi connectivity index (χ0n) is 6.11. The molecule has 4 unspecified atom stereocenters. The van der Waals surface area contributed by atoms with Crippen LogP contribution in [0.5, 0.6) is 0 Å². The van der Waals surface area contributed by atoms with Crippen molar-refractivity contribution in [1.82, 2.24) is 0 Å². The number of alkyl halides is 1. The standard InChI is InChI=1S/C6H11BrO3S/c1-11-6-4(9)2-3(8)5(7)10-6/h3-6,8-9H,2H2,1H3. The predicted molar refractivity (Wildman–Crippen MR) is 47.7 cm³/mol. The molecular formula is C6H11BrO3S. The molecule has 5 heteroatoms. The van der Waals surface area contributed by atoms with Gasteiger partial charge in [-0.05, 0) is 6.26 Å². The summed E-state index contributed by atoms with van der Waals surface area (Å²) < 4.78 is 5.24. The van der Waals surface area contributed by atoms with Crippen LogP contribution in [0.1, 0.15) is 6.42 Å². The number of aliphatic hydroxyl groups is 2. The van der Waals surface area contributed by atoms with Crippen LogP contribution < -0.4 is 0 Å². The van der Waals surface area contributed by atoms with Crippen LogP contribution in [0.3, 0.4) is 0 Å². The van der Waals surface area contributed by atoms with Crippen molar-refractivity contribution in [2.75, 3.05) is 6.26 Å². The molecule has 3 nitrogen and oxygen atoms in total. The van der Waals surface area contributed by atoms with Gasteiger partial charge in [0.05, 0.1) is 12.2 Å². The van der Waals surface area contributed by atoms with E-state index in [1.54, 1.807) is 0 Å². The summed E-state index contributed by atoms with van der Waals surface area (Å²) in [7, 11) is 0. The lowest BCUT2D eigenvalue weighted by Crippen LogP contribution is -2.42. The van der Waals surface area contributed by atoms with Crippen LogP contribution in [0.15, 0.2) is 0 Å². The fraction of sp³-hybridized carbons (Fsp3) is 1.00. The predicted octanol–water partition coefficient (Wildman–Crippen LogP) is 0.539. The van der Waals surface area contributed by atoms with Gasteiger partial charge in [0.2, 0.25) is 0 Å². The highest BCUT2D eigenvalue weighted by Crippen LogP contribution is 2.28. The number of hydrogen-bond donors (Lipinski definition) is 2. The molecule has 1 aliphatic heterocycles. The summed E-state index contributed by atoms with van der Waals surface area (Å²) in [4.78, 5) is 0. The third kappa shape index (κ3) is 2.32. The molecule has 0 radical (unpaired) electrons. The molecule has 1 saturated heterocycles. The van der Waals surface area contributed by atoms with E-state index in [2.05, 4.69) is 15.9 Å². The summed E-state index contributed by atoms with van der Waals surface area (Å²) in [6.07, 6.45) is 1.08. The first kappa shape index (κ1) is 9.80. The average Bonchev–Trinajstić information content (AvgIpc) is 1.97. The quantitative estimate of drug-likeness (QED) is 0.660. The van der Waals surface area contributed by atoms with Gasteiger partial charge in [-0.3, -0.25) is 0 Å². The minimum atomic E-state index is -0.603. The first-order chi connectivity index (χ1) is 5.15. The number of thioether (sulfide) groups is 1. The van der Waals surface area contributed by atoms with Crippen LogP contribution >= 0.6 is 27.7 Å². The zero-order chi connectivity index (χ0) is 8.43. The van der Waals surface area contributed by atoms with Gasteiger partial charge in [0.25, 0.3) is 0 Å². The molecule has 1 aliphatic rings. The second-order valence-corrected chi connectivity index (χ2v) is 4.30. The van der Waals surface area contributed by atoms with Gasteiger partial charge in [-0.25, -0.2) is 0 Å². The third-order valence-corrected chi connectivity index (χ3v) is 3.31. The van der Waals surface area contributed by atoms with Crippen LogP contribution in [0.25, 0.3) is 0 Å². The molecule has 1 fully saturated rings. The Balaban J connectivity index is 2.48.